The third-order valence-corrected chi connectivity index (χ3v) is 0.882. The van der Waals surface area contributed by atoms with Crippen molar-refractivity contribution in [3.05, 3.63) is 24.4 Å². The fraction of sp³-hybridized carbons (Fsp3) is 0.143. The van der Waals surface area contributed by atoms with Crippen molar-refractivity contribution in [2.24, 2.45) is 0 Å². The first kappa shape index (κ1) is 7.53. The molecule has 0 aromatic carbocycles. The van der Waals surface area contributed by atoms with Crippen molar-refractivity contribution in [1.82, 2.24) is 4.98 Å². The normalized spacial score (nSPS) is 8.82. The van der Waals surface area contributed by atoms with Gasteiger partial charge >= 0.3 is 5.97 Å². The lowest BCUT2D eigenvalue weighted by atomic mass is 10.5. The van der Waals surface area contributed by atoms with Crippen molar-refractivity contribution in [3.63, 3.8) is 0 Å². The van der Waals surface area contributed by atoms with E-state index >= 15 is 0 Å². The highest BCUT2D eigenvalue weighted by Gasteiger charge is 1.96. The maximum Gasteiger partial charge on any atom is 0.352 e. The highest BCUT2D eigenvalue weighted by atomic mass is 17.2. The molecule has 1 aromatic rings. The fourth-order valence-corrected chi connectivity index (χ4v) is 0.498. The first-order valence-electron chi connectivity index (χ1n) is 3.05. The van der Waals surface area contributed by atoms with Crippen molar-refractivity contribution in [2.75, 3.05) is 0 Å². The number of nitrogens with zero attached hydrogens (tertiary/aromatic N) is 1. The molecule has 0 amide bonds. The summed E-state index contributed by atoms with van der Waals surface area (Å²) in [5.74, 6) is -0.238. The summed E-state index contributed by atoms with van der Waals surface area (Å²) in [6.07, 6.45) is 1.54. The molecule has 11 heavy (non-hydrogen) atoms. The summed E-state index contributed by atoms with van der Waals surface area (Å²) in [6, 6.07) is 5.05. The van der Waals surface area contributed by atoms with Gasteiger partial charge in [-0.05, 0) is 6.07 Å². The van der Waals surface area contributed by atoms with Crippen molar-refractivity contribution >= 4 is 5.97 Å². The Kier molecular flexibility index (Phi) is 2.43. The Morgan fingerprint density at radius 2 is 2.36 bits per heavy atom. The minimum absolute atomic E-state index is 0.266. The van der Waals surface area contributed by atoms with Gasteiger partial charge in [-0.25, -0.2) is 14.7 Å². The van der Waals surface area contributed by atoms with Crippen LogP contribution in [0.2, 0.25) is 0 Å². The van der Waals surface area contributed by atoms with Crippen LogP contribution in [-0.2, 0) is 9.68 Å². The standard InChI is InChI=1S/C7H7NO3/c1-6(9)10-11-7-4-2-3-5-8-7/h2-5H,1H3. The van der Waals surface area contributed by atoms with E-state index in [0.717, 1.165) is 0 Å². The number of carbonyl (C=O) groups excluding carboxylic acids is 1. The number of hydrogen-bond donors (Lipinski definition) is 0. The molecule has 0 saturated heterocycles. The molecule has 4 nitrogen and oxygen atoms in total. The number of rotatable bonds is 2. The van der Waals surface area contributed by atoms with Gasteiger partial charge in [-0.3, -0.25) is 4.89 Å². The van der Waals surface area contributed by atoms with E-state index in [4.69, 9.17) is 0 Å². The second-order valence-electron chi connectivity index (χ2n) is 1.83. The van der Waals surface area contributed by atoms with E-state index in [1.807, 2.05) is 0 Å². The SMILES string of the molecule is CC(=O)OOc1ccccn1. The van der Waals surface area contributed by atoms with E-state index < -0.39 is 5.97 Å². The molecule has 0 aliphatic rings. The Hall–Kier alpha value is -1.58. The van der Waals surface area contributed by atoms with Crippen molar-refractivity contribution < 1.29 is 14.6 Å². The predicted molar refractivity (Wildman–Crippen MR) is 36.6 cm³/mol. The zero-order valence-electron chi connectivity index (χ0n) is 5.98. The number of pyridine rings is 1. The maximum absolute atomic E-state index is 10.2. The zero-order valence-corrected chi connectivity index (χ0v) is 5.98. The third-order valence-electron chi connectivity index (χ3n) is 0.882. The topological polar surface area (TPSA) is 48.4 Å². The van der Waals surface area contributed by atoms with Gasteiger partial charge in [0, 0.05) is 19.2 Å². The first-order valence-corrected chi connectivity index (χ1v) is 3.05. The van der Waals surface area contributed by atoms with E-state index in [1.54, 1.807) is 24.4 Å². The molecule has 0 fully saturated rings. The van der Waals surface area contributed by atoms with Crippen LogP contribution in [0.15, 0.2) is 24.4 Å². The van der Waals surface area contributed by atoms with E-state index in [0.29, 0.717) is 0 Å². The lowest BCUT2D eigenvalue weighted by Gasteiger charge is -1.98. The summed E-state index contributed by atoms with van der Waals surface area (Å²) in [4.78, 5) is 22.7. The second kappa shape index (κ2) is 3.55. The third kappa shape index (κ3) is 2.66. The van der Waals surface area contributed by atoms with Crippen molar-refractivity contribution in [3.8, 4) is 5.88 Å². The molecule has 4 heteroatoms. The van der Waals surface area contributed by atoms with Gasteiger partial charge in [-0.15, -0.1) is 0 Å². The molecule has 0 saturated carbocycles. The smallest absolute Gasteiger partial charge is 0.266 e. The molecule has 0 atom stereocenters. The van der Waals surface area contributed by atoms with E-state index in [9.17, 15) is 4.79 Å². The fourth-order valence-electron chi connectivity index (χ4n) is 0.498. The van der Waals surface area contributed by atoms with Gasteiger partial charge in [-0.2, -0.15) is 0 Å². The monoisotopic (exact) mass is 153 g/mol. The van der Waals surface area contributed by atoms with Gasteiger partial charge in [0.25, 0.3) is 5.88 Å². The van der Waals surface area contributed by atoms with E-state index in [2.05, 4.69) is 14.8 Å². The molecular formula is C7H7NO3. The number of carbonyl (C=O) groups is 1. The highest BCUT2D eigenvalue weighted by molar-refractivity contribution is 5.65. The van der Waals surface area contributed by atoms with Gasteiger partial charge in [0.15, 0.2) is 0 Å². The average molecular weight is 153 g/mol. The molecule has 1 heterocycles. The van der Waals surface area contributed by atoms with Gasteiger partial charge in [0.2, 0.25) is 0 Å². The van der Waals surface area contributed by atoms with E-state index in [-0.39, 0.29) is 5.88 Å². The molecule has 0 aliphatic carbocycles. The molecule has 1 aromatic heterocycles. The Morgan fingerprint density at radius 1 is 1.55 bits per heavy atom. The van der Waals surface area contributed by atoms with Crippen LogP contribution >= 0.6 is 0 Å². The minimum atomic E-state index is -0.504. The molecule has 0 bridgehead atoms. The molecule has 0 radical (unpaired) electrons. The minimum Gasteiger partial charge on any atom is -0.266 e. The Morgan fingerprint density at radius 3 is 2.91 bits per heavy atom. The van der Waals surface area contributed by atoms with Crippen molar-refractivity contribution in [1.29, 1.82) is 0 Å². The number of aromatic nitrogens is 1. The van der Waals surface area contributed by atoms with Gasteiger partial charge in [0.1, 0.15) is 0 Å². The largest absolute Gasteiger partial charge is 0.352 e. The van der Waals surface area contributed by atoms with Gasteiger partial charge in [0.05, 0.1) is 0 Å². The maximum atomic E-state index is 10.2. The quantitative estimate of drug-likeness (QED) is 0.468. The molecule has 0 N–H and O–H groups in total. The summed E-state index contributed by atoms with van der Waals surface area (Å²) < 4.78 is 0. The van der Waals surface area contributed by atoms with Crippen LogP contribution in [0.4, 0.5) is 0 Å². The van der Waals surface area contributed by atoms with Crippen LogP contribution in [0.1, 0.15) is 6.92 Å². The lowest BCUT2D eigenvalue weighted by Crippen LogP contribution is -2.03. The summed E-state index contributed by atoms with van der Waals surface area (Å²) in [7, 11) is 0. The molecule has 0 spiro atoms. The molecule has 1 rings (SSSR count). The molecule has 0 unspecified atom stereocenters. The Balaban J connectivity index is 2.45. The Labute approximate surface area is 63.7 Å². The summed E-state index contributed by atoms with van der Waals surface area (Å²) in [6.45, 7) is 1.25. The molecular weight excluding hydrogens is 146 g/mol. The summed E-state index contributed by atoms with van der Waals surface area (Å²) >= 11 is 0. The van der Waals surface area contributed by atoms with Crippen LogP contribution in [0, 0.1) is 0 Å². The first-order chi connectivity index (χ1) is 5.29. The van der Waals surface area contributed by atoms with Crippen LogP contribution in [0.5, 0.6) is 5.88 Å². The predicted octanol–water partition coefficient (Wildman–Crippen LogP) is 0.938. The van der Waals surface area contributed by atoms with Gasteiger partial charge in [-0.1, -0.05) is 6.07 Å². The van der Waals surface area contributed by atoms with Crippen LogP contribution in [-0.4, -0.2) is 11.0 Å². The zero-order chi connectivity index (χ0) is 8.10. The molecule has 58 valence electrons. The lowest BCUT2D eigenvalue weighted by molar-refractivity contribution is -0.212. The van der Waals surface area contributed by atoms with Gasteiger partial charge < -0.3 is 0 Å². The summed E-state index contributed by atoms with van der Waals surface area (Å²) in [5.41, 5.74) is 0. The highest BCUT2D eigenvalue weighted by Crippen LogP contribution is 2.02. The Bertz CT molecular complexity index is 235. The van der Waals surface area contributed by atoms with Crippen molar-refractivity contribution in [2.45, 2.75) is 6.92 Å². The average Bonchev–Trinajstić information content (AvgIpc) is 2.03. The van der Waals surface area contributed by atoms with Crippen LogP contribution in [0.3, 0.4) is 0 Å². The number of hydrogen-bond acceptors (Lipinski definition) is 4. The molecule has 0 aliphatic heterocycles. The summed E-state index contributed by atoms with van der Waals surface area (Å²) in [5, 5.41) is 0. The van der Waals surface area contributed by atoms with E-state index in [1.165, 1.54) is 6.92 Å². The van der Waals surface area contributed by atoms with Crippen LogP contribution < -0.4 is 4.89 Å². The second-order valence-corrected chi connectivity index (χ2v) is 1.83. The van der Waals surface area contributed by atoms with Crippen LogP contribution in [0.25, 0.3) is 0 Å².